The van der Waals surface area contributed by atoms with Gasteiger partial charge in [-0.1, -0.05) is 0 Å². The molecule has 1 N–H and O–H groups in total. The summed E-state index contributed by atoms with van der Waals surface area (Å²) in [6.07, 6.45) is 1.13. The first kappa shape index (κ1) is 16.3. The number of amides is 2. The summed E-state index contributed by atoms with van der Waals surface area (Å²) in [4.78, 5) is 37.4. The van der Waals surface area contributed by atoms with Gasteiger partial charge in [-0.25, -0.2) is 4.79 Å². The lowest BCUT2D eigenvalue weighted by Crippen LogP contribution is -2.48. The molecular weight excluding hydrogens is 264 g/mol. The molecule has 1 rings (SSSR count). The summed E-state index contributed by atoms with van der Waals surface area (Å²) in [5.74, 6) is -1.28. The first-order chi connectivity index (χ1) is 9.49. The number of esters is 1. The second-order valence-corrected chi connectivity index (χ2v) is 4.79. The van der Waals surface area contributed by atoms with E-state index in [0.29, 0.717) is 32.5 Å². The number of carboxylic acids is 1. The highest BCUT2D eigenvalue weighted by atomic mass is 16.5. The van der Waals surface area contributed by atoms with Crippen LogP contribution in [0, 0.1) is 5.92 Å². The van der Waals surface area contributed by atoms with E-state index in [1.165, 1.54) is 12.0 Å². The van der Waals surface area contributed by atoms with Crippen LogP contribution in [-0.4, -0.2) is 66.2 Å². The second kappa shape index (κ2) is 7.72. The van der Waals surface area contributed by atoms with Crippen LogP contribution < -0.4 is 0 Å². The van der Waals surface area contributed by atoms with Gasteiger partial charge in [0.25, 0.3) is 0 Å². The quantitative estimate of drug-likeness (QED) is 0.755. The van der Waals surface area contributed by atoms with Gasteiger partial charge in [-0.05, 0) is 19.8 Å². The molecule has 7 nitrogen and oxygen atoms in total. The number of methoxy groups -OCH3 is 1. The summed E-state index contributed by atoms with van der Waals surface area (Å²) in [6, 6.07) is -0.155. The number of urea groups is 1. The van der Waals surface area contributed by atoms with Crippen molar-refractivity contribution in [2.75, 3.05) is 33.3 Å². The van der Waals surface area contributed by atoms with Gasteiger partial charge in [-0.3, -0.25) is 9.59 Å². The lowest BCUT2D eigenvalue weighted by Gasteiger charge is -2.34. The van der Waals surface area contributed by atoms with Crippen LogP contribution in [0.4, 0.5) is 4.79 Å². The molecule has 0 saturated carbocycles. The third-order valence-electron chi connectivity index (χ3n) is 3.55. The maximum atomic E-state index is 12.2. The summed E-state index contributed by atoms with van der Waals surface area (Å²) in [5.41, 5.74) is 0. The van der Waals surface area contributed by atoms with Crippen molar-refractivity contribution in [2.45, 2.75) is 26.2 Å². The minimum atomic E-state index is -0.916. The number of ether oxygens (including phenoxy) is 1. The SMILES string of the molecule is CCN(CCC(=O)O)C(=O)N1CCC(C(=O)OC)CC1. The van der Waals surface area contributed by atoms with Crippen molar-refractivity contribution in [3.05, 3.63) is 0 Å². The summed E-state index contributed by atoms with van der Waals surface area (Å²) < 4.78 is 4.70. The molecule has 0 aromatic carbocycles. The Hall–Kier alpha value is -1.79. The van der Waals surface area contributed by atoms with Crippen LogP contribution in [0.5, 0.6) is 0 Å². The number of likely N-dealkylation sites (tertiary alicyclic amines) is 1. The van der Waals surface area contributed by atoms with Gasteiger partial charge in [0.15, 0.2) is 0 Å². The number of hydrogen-bond donors (Lipinski definition) is 1. The van der Waals surface area contributed by atoms with Gasteiger partial charge < -0.3 is 19.6 Å². The van der Waals surface area contributed by atoms with Crippen molar-refractivity contribution in [1.29, 1.82) is 0 Å². The average Bonchev–Trinajstić information content (AvgIpc) is 2.46. The van der Waals surface area contributed by atoms with Crippen molar-refractivity contribution in [3.8, 4) is 0 Å². The molecule has 0 aliphatic carbocycles. The van der Waals surface area contributed by atoms with Crippen molar-refractivity contribution in [2.24, 2.45) is 5.92 Å². The molecular formula is C13H22N2O5. The number of nitrogens with zero attached hydrogens (tertiary/aromatic N) is 2. The van der Waals surface area contributed by atoms with E-state index in [4.69, 9.17) is 9.84 Å². The number of carbonyl (C=O) groups is 3. The van der Waals surface area contributed by atoms with Crippen molar-refractivity contribution < 1.29 is 24.2 Å². The molecule has 1 fully saturated rings. The maximum Gasteiger partial charge on any atom is 0.320 e. The van der Waals surface area contributed by atoms with E-state index in [1.54, 1.807) is 4.90 Å². The van der Waals surface area contributed by atoms with Crippen LogP contribution in [-0.2, 0) is 14.3 Å². The lowest BCUT2D eigenvalue weighted by atomic mass is 9.97. The molecule has 0 aromatic rings. The van der Waals surface area contributed by atoms with E-state index < -0.39 is 5.97 Å². The Balaban J connectivity index is 2.48. The predicted octanol–water partition coefficient (Wildman–Crippen LogP) is 0.788. The highest BCUT2D eigenvalue weighted by Gasteiger charge is 2.29. The molecule has 1 saturated heterocycles. The fourth-order valence-corrected chi connectivity index (χ4v) is 2.29. The molecule has 114 valence electrons. The number of piperidine rings is 1. The van der Waals surface area contributed by atoms with Gasteiger partial charge in [-0.2, -0.15) is 0 Å². The third kappa shape index (κ3) is 4.40. The molecule has 1 aliphatic heterocycles. The molecule has 7 heteroatoms. The van der Waals surface area contributed by atoms with E-state index >= 15 is 0 Å². The molecule has 0 radical (unpaired) electrons. The molecule has 0 bridgehead atoms. The van der Waals surface area contributed by atoms with E-state index in [9.17, 15) is 14.4 Å². The first-order valence-electron chi connectivity index (χ1n) is 6.83. The van der Waals surface area contributed by atoms with Gasteiger partial charge in [-0.15, -0.1) is 0 Å². The van der Waals surface area contributed by atoms with Crippen LogP contribution >= 0.6 is 0 Å². The van der Waals surface area contributed by atoms with Gasteiger partial charge in [0, 0.05) is 26.2 Å². The molecule has 0 atom stereocenters. The molecule has 20 heavy (non-hydrogen) atoms. The summed E-state index contributed by atoms with van der Waals surface area (Å²) >= 11 is 0. The molecule has 0 spiro atoms. The lowest BCUT2D eigenvalue weighted by molar-refractivity contribution is -0.147. The Morgan fingerprint density at radius 2 is 1.90 bits per heavy atom. The highest BCUT2D eigenvalue weighted by molar-refractivity contribution is 5.76. The van der Waals surface area contributed by atoms with Crippen LogP contribution in [0.25, 0.3) is 0 Å². The molecule has 1 heterocycles. The maximum absolute atomic E-state index is 12.2. The Morgan fingerprint density at radius 1 is 1.30 bits per heavy atom. The van der Waals surface area contributed by atoms with E-state index in [2.05, 4.69) is 0 Å². The topological polar surface area (TPSA) is 87.2 Å². The fourth-order valence-electron chi connectivity index (χ4n) is 2.29. The van der Waals surface area contributed by atoms with Crippen LogP contribution in [0.3, 0.4) is 0 Å². The Labute approximate surface area is 118 Å². The smallest absolute Gasteiger partial charge is 0.320 e. The number of carboxylic acid groups (broad SMARTS) is 1. The average molecular weight is 286 g/mol. The molecule has 0 unspecified atom stereocenters. The summed E-state index contributed by atoms with van der Waals surface area (Å²) in [5, 5.41) is 8.67. The number of aliphatic carboxylic acids is 1. The molecule has 2 amide bonds. The minimum Gasteiger partial charge on any atom is -0.481 e. The van der Waals surface area contributed by atoms with Gasteiger partial charge >= 0.3 is 18.0 Å². The van der Waals surface area contributed by atoms with E-state index in [1.807, 2.05) is 6.92 Å². The summed E-state index contributed by atoms with van der Waals surface area (Å²) in [7, 11) is 1.37. The molecule has 0 aromatic heterocycles. The largest absolute Gasteiger partial charge is 0.481 e. The van der Waals surface area contributed by atoms with Crippen LogP contribution in [0.2, 0.25) is 0 Å². The molecule has 1 aliphatic rings. The fraction of sp³-hybridized carbons (Fsp3) is 0.769. The van der Waals surface area contributed by atoms with Crippen molar-refractivity contribution in [1.82, 2.24) is 9.80 Å². The number of rotatable bonds is 5. The monoisotopic (exact) mass is 286 g/mol. The highest BCUT2D eigenvalue weighted by Crippen LogP contribution is 2.19. The minimum absolute atomic E-state index is 0.0573. The Kier molecular flexibility index (Phi) is 6.27. The van der Waals surface area contributed by atoms with Crippen molar-refractivity contribution >= 4 is 18.0 Å². The summed E-state index contributed by atoms with van der Waals surface area (Å²) in [6.45, 7) is 3.51. The predicted molar refractivity (Wildman–Crippen MR) is 71.2 cm³/mol. The zero-order valence-electron chi connectivity index (χ0n) is 12.0. The Morgan fingerprint density at radius 3 is 2.35 bits per heavy atom. The van der Waals surface area contributed by atoms with Crippen LogP contribution in [0.15, 0.2) is 0 Å². The van der Waals surface area contributed by atoms with Gasteiger partial charge in [0.2, 0.25) is 0 Å². The van der Waals surface area contributed by atoms with Crippen molar-refractivity contribution in [3.63, 3.8) is 0 Å². The third-order valence-corrected chi connectivity index (χ3v) is 3.55. The zero-order chi connectivity index (χ0) is 15.1. The number of carbonyl (C=O) groups excluding carboxylic acids is 2. The zero-order valence-corrected chi connectivity index (χ0v) is 12.0. The first-order valence-corrected chi connectivity index (χ1v) is 6.83. The second-order valence-electron chi connectivity index (χ2n) is 4.79. The normalized spacial score (nSPS) is 15.8. The number of hydrogen-bond acceptors (Lipinski definition) is 4. The van der Waals surface area contributed by atoms with Crippen LogP contribution in [0.1, 0.15) is 26.2 Å². The standard InChI is InChI=1S/C13H22N2O5/c1-3-14(9-6-11(16)17)13(19)15-7-4-10(5-8-15)12(18)20-2/h10H,3-9H2,1-2H3,(H,16,17). The van der Waals surface area contributed by atoms with Gasteiger partial charge in [0.05, 0.1) is 19.4 Å². The van der Waals surface area contributed by atoms with E-state index in [-0.39, 0.29) is 30.9 Å². The Bertz CT molecular complexity index is 364. The van der Waals surface area contributed by atoms with Gasteiger partial charge in [0.1, 0.15) is 0 Å². The van der Waals surface area contributed by atoms with E-state index in [0.717, 1.165) is 0 Å².